The maximum Gasteiger partial charge on any atom is 0.573 e. The predicted molar refractivity (Wildman–Crippen MR) is 103 cm³/mol. The molecule has 0 aliphatic heterocycles. The lowest BCUT2D eigenvalue weighted by molar-refractivity contribution is -0.274. The Morgan fingerprint density at radius 3 is 2.34 bits per heavy atom. The molecular weight excluding hydrogens is 387 g/mol. The van der Waals surface area contributed by atoms with Crippen LogP contribution in [0.25, 0.3) is 11.1 Å². The molecule has 2 amide bonds. The van der Waals surface area contributed by atoms with Crippen molar-refractivity contribution in [3.05, 3.63) is 59.8 Å². The Balaban J connectivity index is 2.48. The average Bonchev–Trinajstić information content (AvgIpc) is 2.62. The van der Waals surface area contributed by atoms with Crippen molar-refractivity contribution in [2.75, 3.05) is 0 Å². The molecule has 0 heterocycles. The summed E-state index contributed by atoms with van der Waals surface area (Å²) in [5.74, 6) is -1.85. The summed E-state index contributed by atoms with van der Waals surface area (Å²) >= 11 is 0. The molecule has 0 saturated heterocycles. The number of hydrogen-bond acceptors (Lipinski definition) is 4. The number of nitrogens with one attached hydrogen (secondary N) is 1. The summed E-state index contributed by atoms with van der Waals surface area (Å²) in [6.07, 6.45) is -3.24. The molecule has 0 aliphatic carbocycles. The largest absolute Gasteiger partial charge is 0.573 e. The topological polar surface area (TPSA) is 93.8 Å². The van der Waals surface area contributed by atoms with E-state index in [0.717, 1.165) is 0 Å². The molecule has 0 atom stereocenters. The van der Waals surface area contributed by atoms with Gasteiger partial charge in [0.1, 0.15) is 5.75 Å². The quantitative estimate of drug-likeness (QED) is 0.562. The van der Waals surface area contributed by atoms with Crippen LogP contribution in [-0.4, -0.2) is 24.4 Å². The molecule has 0 aromatic heterocycles. The molecule has 9 heteroatoms. The molecule has 0 spiro atoms. The van der Waals surface area contributed by atoms with Gasteiger partial charge in [0.15, 0.2) is 0 Å². The number of nitrogens with zero attached hydrogens (tertiary/aromatic N) is 1. The van der Waals surface area contributed by atoms with Gasteiger partial charge in [-0.25, -0.2) is 0 Å². The van der Waals surface area contributed by atoms with Crippen LogP contribution in [0.2, 0.25) is 0 Å². The molecule has 152 valence electrons. The zero-order valence-corrected chi connectivity index (χ0v) is 15.6. The fourth-order valence-corrected chi connectivity index (χ4v) is 2.54. The van der Waals surface area contributed by atoms with Crippen molar-refractivity contribution >= 4 is 23.7 Å². The Morgan fingerprint density at radius 1 is 1.21 bits per heavy atom. The van der Waals surface area contributed by atoms with Gasteiger partial charge < -0.3 is 15.8 Å². The molecule has 6 nitrogen and oxygen atoms in total. The number of alkyl halides is 3. The Labute approximate surface area is 164 Å². The second-order valence-electron chi connectivity index (χ2n) is 5.95. The van der Waals surface area contributed by atoms with E-state index < -0.39 is 18.2 Å². The van der Waals surface area contributed by atoms with Gasteiger partial charge in [0.25, 0.3) is 11.8 Å². The van der Waals surface area contributed by atoms with Crippen LogP contribution in [0, 0.1) is 6.92 Å². The van der Waals surface area contributed by atoms with E-state index in [1.54, 1.807) is 26.1 Å². The van der Waals surface area contributed by atoms with E-state index in [4.69, 9.17) is 5.73 Å². The van der Waals surface area contributed by atoms with E-state index in [-0.39, 0.29) is 17.0 Å². The smallest absolute Gasteiger partial charge is 0.406 e. The van der Waals surface area contributed by atoms with Crippen molar-refractivity contribution < 1.29 is 27.5 Å². The van der Waals surface area contributed by atoms with Gasteiger partial charge >= 0.3 is 6.36 Å². The number of ether oxygens (including phenoxy) is 1. The summed E-state index contributed by atoms with van der Waals surface area (Å²) in [7, 11) is 0. The van der Waals surface area contributed by atoms with Crippen LogP contribution in [0.5, 0.6) is 5.75 Å². The van der Waals surface area contributed by atoms with Gasteiger partial charge in [-0.15, -0.1) is 13.2 Å². The summed E-state index contributed by atoms with van der Waals surface area (Å²) < 4.78 is 41.0. The standard InChI is InChI=1S/C20H18F3N3O3/c1-4-25-17-11(2)9-14(19(28)26-12(3)18(24)27)10-16(17)13-5-7-15(8-6-13)29-20(21,22)23/h4-10H,3H2,1-2H3,(H2,24,27)(H,26,28). The maximum atomic E-state index is 12.4. The van der Waals surface area contributed by atoms with E-state index in [9.17, 15) is 22.8 Å². The highest BCUT2D eigenvalue weighted by Gasteiger charge is 2.31. The predicted octanol–water partition coefficient (Wildman–Crippen LogP) is 4.01. The van der Waals surface area contributed by atoms with Crippen LogP contribution >= 0.6 is 0 Å². The van der Waals surface area contributed by atoms with Crippen molar-refractivity contribution in [1.29, 1.82) is 0 Å². The minimum Gasteiger partial charge on any atom is -0.406 e. The molecule has 2 rings (SSSR count). The third kappa shape index (κ3) is 5.68. The molecular formula is C20H18F3N3O3. The third-order valence-electron chi connectivity index (χ3n) is 3.78. The zero-order chi connectivity index (χ0) is 21.8. The van der Waals surface area contributed by atoms with Gasteiger partial charge in [-0.2, -0.15) is 0 Å². The summed E-state index contributed by atoms with van der Waals surface area (Å²) in [6.45, 7) is 6.81. The first-order valence-corrected chi connectivity index (χ1v) is 8.31. The third-order valence-corrected chi connectivity index (χ3v) is 3.78. The van der Waals surface area contributed by atoms with E-state index in [1.165, 1.54) is 30.3 Å². The van der Waals surface area contributed by atoms with Crippen molar-refractivity contribution in [2.24, 2.45) is 10.7 Å². The van der Waals surface area contributed by atoms with E-state index in [0.29, 0.717) is 22.4 Å². The SMILES string of the molecule is C=C(NC(=O)c1cc(C)c(N=CC)c(-c2ccc(OC(F)(F)F)cc2)c1)C(N)=O. The Hall–Kier alpha value is -3.62. The first-order valence-electron chi connectivity index (χ1n) is 8.31. The summed E-state index contributed by atoms with van der Waals surface area (Å²) in [4.78, 5) is 27.8. The molecule has 3 N–H and O–H groups in total. The number of rotatable bonds is 6. The number of hydrogen-bond donors (Lipinski definition) is 2. The fraction of sp³-hybridized carbons (Fsp3) is 0.150. The molecule has 0 aliphatic rings. The molecule has 0 bridgehead atoms. The van der Waals surface area contributed by atoms with Crippen molar-refractivity contribution in [3.63, 3.8) is 0 Å². The minimum atomic E-state index is -4.80. The number of nitrogens with two attached hydrogens (primary N) is 1. The molecule has 0 saturated carbocycles. The normalized spacial score (nSPS) is 11.3. The highest BCUT2D eigenvalue weighted by molar-refractivity contribution is 6.03. The van der Waals surface area contributed by atoms with Crippen LogP contribution in [0.3, 0.4) is 0 Å². The van der Waals surface area contributed by atoms with Gasteiger partial charge in [0, 0.05) is 17.3 Å². The van der Waals surface area contributed by atoms with Crippen LogP contribution in [0.4, 0.5) is 18.9 Å². The number of aryl methyl sites for hydroxylation is 1. The fourth-order valence-electron chi connectivity index (χ4n) is 2.54. The number of benzene rings is 2. The summed E-state index contributed by atoms with van der Waals surface area (Å²) in [5.41, 5.74) is 7.22. The summed E-state index contributed by atoms with van der Waals surface area (Å²) in [5, 5.41) is 2.30. The molecule has 2 aromatic carbocycles. The monoisotopic (exact) mass is 405 g/mol. The van der Waals surface area contributed by atoms with Crippen molar-refractivity contribution in [3.8, 4) is 16.9 Å². The highest BCUT2D eigenvalue weighted by Crippen LogP contribution is 2.36. The first-order chi connectivity index (χ1) is 13.5. The maximum absolute atomic E-state index is 12.4. The van der Waals surface area contributed by atoms with E-state index in [1.807, 2.05) is 0 Å². The van der Waals surface area contributed by atoms with Crippen molar-refractivity contribution in [2.45, 2.75) is 20.2 Å². The van der Waals surface area contributed by atoms with Gasteiger partial charge in [0.2, 0.25) is 0 Å². The Bertz CT molecular complexity index is 981. The minimum absolute atomic E-state index is 0.200. The molecule has 0 unspecified atom stereocenters. The van der Waals surface area contributed by atoms with Crippen molar-refractivity contribution in [1.82, 2.24) is 5.32 Å². The second kappa shape index (κ2) is 8.59. The Morgan fingerprint density at radius 2 is 1.83 bits per heavy atom. The highest BCUT2D eigenvalue weighted by atomic mass is 19.4. The zero-order valence-electron chi connectivity index (χ0n) is 15.6. The first kappa shape index (κ1) is 21.7. The van der Waals surface area contributed by atoms with E-state index in [2.05, 4.69) is 21.6 Å². The number of carbonyl (C=O) groups excluding carboxylic acids is 2. The van der Waals surface area contributed by atoms with Gasteiger partial charge in [-0.3, -0.25) is 14.6 Å². The Kier molecular flexibility index (Phi) is 6.42. The average molecular weight is 405 g/mol. The van der Waals surface area contributed by atoms with Crippen LogP contribution in [0.1, 0.15) is 22.8 Å². The van der Waals surface area contributed by atoms with Gasteiger partial charge in [-0.05, 0) is 49.2 Å². The molecule has 2 aromatic rings. The van der Waals surface area contributed by atoms with Crippen LogP contribution < -0.4 is 15.8 Å². The number of amides is 2. The number of carbonyl (C=O) groups is 2. The summed E-state index contributed by atoms with van der Waals surface area (Å²) in [6, 6.07) is 8.26. The lowest BCUT2D eigenvalue weighted by Gasteiger charge is -2.14. The van der Waals surface area contributed by atoms with Crippen LogP contribution in [-0.2, 0) is 4.79 Å². The lowest BCUT2D eigenvalue weighted by atomic mass is 9.97. The number of primary amides is 1. The lowest BCUT2D eigenvalue weighted by Crippen LogP contribution is -2.30. The van der Waals surface area contributed by atoms with Gasteiger partial charge in [0.05, 0.1) is 11.4 Å². The number of aliphatic imine (C=N–C) groups is 1. The molecule has 29 heavy (non-hydrogen) atoms. The van der Waals surface area contributed by atoms with Gasteiger partial charge in [-0.1, -0.05) is 18.7 Å². The molecule has 0 fully saturated rings. The molecule has 0 radical (unpaired) electrons. The number of halogens is 3. The second-order valence-corrected chi connectivity index (χ2v) is 5.95. The van der Waals surface area contributed by atoms with Crippen LogP contribution in [0.15, 0.2) is 53.7 Å². The van der Waals surface area contributed by atoms with E-state index >= 15 is 0 Å².